The van der Waals surface area contributed by atoms with E-state index in [9.17, 15) is 53.3 Å². The molecule has 1 saturated heterocycles. The van der Waals surface area contributed by atoms with E-state index in [2.05, 4.69) is 15.2 Å². The number of likely N-dealkylation sites (tertiary alicyclic amines) is 1. The molecule has 7 atom stereocenters. The molecule has 0 radical (unpaired) electrons. The van der Waals surface area contributed by atoms with Crippen molar-refractivity contribution in [3.63, 3.8) is 0 Å². The molecule has 1 aromatic carbocycles. The van der Waals surface area contributed by atoms with Crippen LogP contribution in [0.15, 0.2) is 42.9 Å². The van der Waals surface area contributed by atoms with Crippen LogP contribution in [0, 0.1) is 17.8 Å². The van der Waals surface area contributed by atoms with E-state index in [1.165, 1.54) is 32.6 Å². The predicted molar refractivity (Wildman–Crippen MR) is 215 cm³/mol. The average molecular weight is 849 g/mol. The zero-order chi connectivity index (χ0) is 44.0. The third kappa shape index (κ3) is 16.1. The molecule has 0 bridgehead atoms. The molecule has 1 fully saturated rings. The maximum absolute atomic E-state index is 14.3. The fourth-order valence-electron chi connectivity index (χ4n) is 7.39. The van der Waals surface area contributed by atoms with Crippen molar-refractivity contribution in [2.45, 2.75) is 136 Å². The number of phosphoric acid groups is 1. The Morgan fingerprint density at radius 1 is 0.983 bits per heavy atom. The molecule has 0 saturated carbocycles. The number of Topliss-reactive ketones (excluding diaryl/α,β-unsaturated/α-hetero) is 3. The zero-order valence-electron chi connectivity index (χ0n) is 35.0. The van der Waals surface area contributed by atoms with Crippen molar-refractivity contribution in [1.29, 1.82) is 0 Å². The first-order valence-corrected chi connectivity index (χ1v) is 21.8. The first kappa shape index (κ1) is 49.2. The van der Waals surface area contributed by atoms with Gasteiger partial charge in [0, 0.05) is 45.6 Å². The molecule has 0 spiro atoms. The summed E-state index contributed by atoms with van der Waals surface area (Å²) in [5, 5.41) is 25.0. The minimum atomic E-state index is -4.98. The second kappa shape index (κ2) is 23.0. The van der Waals surface area contributed by atoms with Crippen molar-refractivity contribution in [3.05, 3.63) is 54.1 Å². The second-order valence-electron chi connectivity index (χ2n) is 16.1. The zero-order valence-corrected chi connectivity index (χ0v) is 35.9. The van der Waals surface area contributed by atoms with Crippen molar-refractivity contribution in [2.24, 2.45) is 17.8 Å². The Bertz CT molecular complexity index is 1800. The minimum Gasteiger partial charge on any atom is -0.394 e. The van der Waals surface area contributed by atoms with Crippen LogP contribution in [-0.2, 0) is 63.8 Å². The molecule has 0 aliphatic carbocycles. The highest BCUT2D eigenvalue weighted by atomic mass is 31.2. The number of ketones is 3. The highest BCUT2D eigenvalue weighted by Gasteiger charge is 2.37. The second-order valence-corrected chi connectivity index (χ2v) is 17.3. The van der Waals surface area contributed by atoms with Gasteiger partial charge in [0.05, 0.1) is 55.8 Å². The number of rotatable bonds is 25. The molecular formula is C41H63N5O12P+. The first-order valence-electron chi connectivity index (χ1n) is 20.3. The Balaban J connectivity index is 1.96. The van der Waals surface area contributed by atoms with Gasteiger partial charge in [-0.25, -0.2) is 13.7 Å². The third-order valence-electron chi connectivity index (χ3n) is 10.7. The molecule has 3 rings (SSSR count). The van der Waals surface area contributed by atoms with Gasteiger partial charge in [-0.2, -0.15) is 0 Å². The Morgan fingerprint density at radius 3 is 2.25 bits per heavy atom. The van der Waals surface area contributed by atoms with E-state index in [1.54, 1.807) is 6.20 Å². The monoisotopic (exact) mass is 848 g/mol. The summed E-state index contributed by atoms with van der Waals surface area (Å²) in [6.45, 7) is 9.90. The lowest BCUT2D eigenvalue weighted by atomic mass is 9.89. The normalized spacial score (nSPS) is 17.5. The van der Waals surface area contributed by atoms with E-state index in [4.69, 9.17) is 0 Å². The van der Waals surface area contributed by atoms with Gasteiger partial charge in [0.25, 0.3) is 0 Å². The molecular weight excluding hydrogens is 785 g/mol. The summed E-state index contributed by atoms with van der Waals surface area (Å²) in [5.41, 5.74) is 1.73. The number of hydrogen-bond acceptors (Lipinski definition) is 10. The van der Waals surface area contributed by atoms with Gasteiger partial charge in [0.1, 0.15) is 23.7 Å². The molecule has 2 heterocycles. The van der Waals surface area contributed by atoms with E-state index in [0.29, 0.717) is 44.6 Å². The number of nitrogens with one attached hydrogen (secondary N) is 2. The lowest BCUT2D eigenvalue weighted by Crippen LogP contribution is -2.51. The van der Waals surface area contributed by atoms with Crippen LogP contribution < -0.4 is 15.2 Å². The molecule has 17 nitrogen and oxygen atoms in total. The summed E-state index contributed by atoms with van der Waals surface area (Å²) in [4.78, 5) is 100. The molecule has 1 aliphatic rings. The van der Waals surface area contributed by atoms with Crippen molar-refractivity contribution in [1.82, 2.24) is 20.1 Å². The average Bonchev–Trinajstić information content (AvgIpc) is 3.81. The van der Waals surface area contributed by atoms with Crippen LogP contribution in [0.1, 0.15) is 91.3 Å². The van der Waals surface area contributed by atoms with Crippen molar-refractivity contribution < 1.29 is 62.4 Å². The van der Waals surface area contributed by atoms with E-state index < -0.39 is 92.2 Å². The minimum absolute atomic E-state index is 0.0230. The van der Waals surface area contributed by atoms with Gasteiger partial charge in [-0.3, -0.25) is 33.3 Å². The van der Waals surface area contributed by atoms with E-state index >= 15 is 0 Å². The topological polar surface area (TPSA) is 246 Å². The van der Waals surface area contributed by atoms with Gasteiger partial charge < -0.3 is 35.5 Å². The Kier molecular flexibility index (Phi) is 19.2. The Morgan fingerprint density at radius 2 is 1.66 bits per heavy atom. The van der Waals surface area contributed by atoms with Crippen molar-refractivity contribution in [3.8, 4) is 0 Å². The summed E-state index contributed by atoms with van der Waals surface area (Å²) >= 11 is 0. The number of phosphoric ester groups is 1. The van der Waals surface area contributed by atoms with E-state index in [0.717, 1.165) is 5.56 Å². The molecule has 6 N–H and O–H groups in total. The molecule has 3 amide bonds. The summed E-state index contributed by atoms with van der Waals surface area (Å²) in [6.07, 6.45) is 2.84. The van der Waals surface area contributed by atoms with Crippen LogP contribution in [-0.4, -0.2) is 108 Å². The number of aliphatic hydroxyl groups excluding tert-OH is 2. The first-order chi connectivity index (χ1) is 27.7. The smallest absolute Gasteiger partial charge is 0.394 e. The number of aromatic nitrogens is 2. The van der Waals surface area contributed by atoms with Crippen molar-refractivity contribution in [2.75, 3.05) is 13.2 Å². The number of carbonyl (C=O) groups is 6. The van der Waals surface area contributed by atoms with Gasteiger partial charge in [0.15, 0.2) is 11.6 Å². The highest BCUT2D eigenvalue weighted by molar-refractivity contribution is 7.46. The van der Waals surface area contributed by atoms with Crippen LogP contribution in [0.25, 0.3) is 0 Å². The van der Waals surface area contributed by atoms with E-state index in [-0.39, 0.29) is 37.5 Å². The van der Waals surface area contributed by atoms with Crippen LogP contribution in [0.2, 0.25) is 0 Å². The third-order valence-corrected chi connectivity index (χ3v) is 11.3. The number of benzene rings is 1. The maximum Gasteiger partial charge on any atom is 0.469 e. The number of imidazole rings is 1. The molecule has 1 aromatic heterocycles. The van der Waals surface area contributed by atoms with Gasteiger partial charge in [-0.05, 0) is 51.5 Å². The van der Waals surface area contributed by atoms with Crippen LogP contribution in [0.4, 0.5) is 0 Å². The number of aryl methyl sites for hydroxylation is 3. The van der Waals surface area contributed by atoms with Gasteiger partial charge in [0.2, 0.25) is 24.0 Å². The summed E-state index contributed by atoms with van der Waals surface area (Å²) in [5.74, 6) is -5.21. The number of amides is 3. The quantitative estimate of drug-likeness (QED) is 0.0617. The van der Waals surface area contributed by atoms with Crippen LogP contribution in [0.3, 0.4) is 0 Å². The number of hydrogen-bond donors (Lipinski definition) is 6. The SMILES string of the molecule is CC(=O)[C@@H](CC(=O)[C@H](C)NC(=O)[C@@H](CC(=O)[C@H](CC(C)C)NC(=O)[C@@H]1CCCN1C(C)=O)Cc1c[n+](CC[C@@H](O)CO)cn1CCc1ccccc1)[C@@H](C)OP(=O)(O)O. The lowest BCUT2D eigenvalue weighted by Gasteiger charge is -2.27. The van der Waals surface area contributed by atoms with Gasteiger partial charge >= 0.3 is 7.82 Å². The molecule has 0 unspecified atom stereocenters. The summed E-state index contributed by atoms with van der Waals surface area (Å²) in [7, 11) is -4.98. The van der Waals surface area contributed by atoms with Crippen LogP contribution >= 0.6 is 7.82 Å². The highest BCUT2D eigenvalue weighted by Crippen LogP contribution is 2.39. The Labute approximate surface area is 346 Å². The Hall–Kier alpha value is -4.12. The summed E-state index contributed by atoms with van der Waals surface area (Å²) < 4.78 is 19.9. The molecule has 59 heavy (non-hydrogen) atoms. The number of nitrogens with zero attached hydrogens (tertiary/aromatic N) is 3. The molecule has 1 aliphatic heterocycles. The fraction of sp³-hybridized carbons (Fsp3) is 0.634. The van der Waals surface area contributed by atoms with E-state index in [1.807, 2.05) is 59.6 Å². The van der Waals surface area contributed by atoms with Crippen molar-refractivity contribution >= 4 is 42.9 Å². The molecule has 18 heteroatoms. The molecule has 328 valence electrons. The van der Waals surface area contributed by atoms with Crippen LogP contribution in [0.5, 0.6) is 0 Å². The number of carbonyl (C=O) groups excluding carboxylic acids is 6. The predicted octanol–water partition coefficient (Wildman–Crippen LogP) is 1.59. The molecule has 2 aromatic rings. The largest absolute Gasteiger partial charge is 0.469 e. The van der Waals surface area contributed by atoms with Gasteiger partial charge in [-0.15, -0.1) is 0 Å². The standard InChI is InChI=1S/C41H62N5O12P/c1-26(2)19-36(43-41(54)37-13-10-16-46(37)30(6)49)39(52)21-32(40(53)42-27(3)38(51)22-35(28(4)48)29(5)58-59(55,56)57)20-33-23-44(17-15-34(50)24-47)25-45(33)18-14-31-11-8-7-9-12-31/h7-9,11-12,23,25-27,29,32,34-37,47,50H,10,13-22,24H2,1-6H3,(H3-,42,43,53,54,55,56,57)/p+1/t27-,29+,32+,34+,35+,36-,37-/m0/s1. The maximum atomic E-state index is 14.3. The lowest BCUT2D eigenvalue weighted by molar-refractivity contribution is -0.697. The van der Waals surface area contributed by atoms with Gasteiger partial charge in [-0.1, -0.05) is 44.2 Å². The summed E-state index contributed by atoms with van der Waals surface area (Å²) in [6, 6.07) is 6.87. The number of aliphatic hydroxyl groups is 2. The fourth-order valence-corrected chi connectivity index (χ4v) is 7.97.